The molecular weight excluding hydrogens is 331 g/mol. The Labute approximate surface area is 115 Å². The zero-order valence-electron chi connectivity index (χ0n) is 9.79. The van der Waals surface area contributed by atoms with Crippen LogP contribution in [0.15, 0.2) is 22.7 Å². The van der Waals surface area contributed by atoms with Crippen LogP contribution in [-0.4, -0.2) is 30.8 Å². The van der Waals surface area contributed by atoms with Crippen molar-refractivity contribution < 1.29 is 27.8 Å². The Bertz CT molecular complexity index is 465. The van der Waals surface area contributed by atoms with E-state index < -0.39 is 30.4 Å². The molecule has 1 aromatic carbocycles. The van der Waals surface area contributed by atoms with E-state index in [1.165, 1.54) is 12.1 Å². The molecule has 0 fully saturated rings. The van der Waals surface area contributed by atoms with E-state index in [-0.39, 0.29) is 5.69 Å². The van der Waals surface area contributed by atoms with Gasteiger partial charge in [0.2, 0.25) is 0 Å². The second-order valence-corrected chi connectivity index (χ2v) is 4.51. The van der Waals surface area contributed by atoms with Crippen LogP contribution < -0.4 is 5.32 Å². The number of carbonyl (C=O) groups is 1. The minimum atomic E-state index is -4.57. The van der Waals surface area contributed by atoms with E-state index in [0.29, 0.717) is 4.47 Å². The molecule has 106 valence electrons. The zero-order chi connectivity index (χ0) is 14.6. The minimum absolute atomic E-state index is 0.314. The molecule has 2 N–H and O–H groups in total. The lowest BCUT2D eigenvalue weighted by Gasteiger charge is -2.19. The van der Waals surface area contributed by atoms with Gasteiger partial charge in [-0.1, -0.05) is 15.9 Å². The molecule has 0 aliphatic heterocycles. The van der Waals surface area contributed by atoms with Gasteiger partial charge in [-0.05, 0) is 18.2 Å². The first-order valence-electron chi connectivity index (χ1n) is 5.11. The highest BCUT2D eigenvalue weighted by Gasteiger charge is 2.34. The van der Waals surface area contributed by atoms with Crippen molar-refractivity contribution in [2.75, 3.05) is 19.0 Å². The molecule has 0 aliphatic carbocycles. The van der Waals surface area contributed by atoms with Gasteiger partial charge in [-0.15, -0.1) is 0 Å². The van der Waals surface area contributed by atoms with Gasteiger partial charge in [0, 0.05) is 10.2 Å². The van der Waals surface area contributed by atoms with Gasteiger partial charge in [0.05, 0.1) is 19.3 Å². The molecule has 0 radical (unpaired) electrons. The van der Waals surface area contributed by atoms with Crippen LogP contribution >= 0.6 is 15.9 Å². The molecule has 0 aliphatic rings. The molecule has 19 heavy (non-hydrogen) atoms. The van der Waals surface area contributed by atoms with Crippen LogP contribution in [0, 0.1) is 0 Å². The Kier molecular flexibility index (Phi) is 5.19. The molecule has 0 amide bonds. The van der Waals surface area contributed by atoms with E-state index >= 15 is 0 Å². The van der Waals surface area contributed by atoms with Gasteiger partial charge in [-0.2, -0.15) is 13.2 Å². The topological polar surface area (TPSA) is 58.6 Å². The smallest absolute Gasteiger partial charge is 0.418 e. The Morgan fingerprint density at radius 2 is 2.16 bits per heavy atom. The molecule has 0 heterocycles. The maximum absolute atomic E-state index is 12.8. The van der Waals surface area contributed by atoms with Crippen molar-refractivity contribution in [2.24, 2.45) is 0 Å². The Balaban J connectivity index is 3.11. The van der Waals surface area contributed by atoms with Crippen molar-refractivity contribution in [3.8, 4) is 0 Å². The average Bonchev–Trinajstić information content (AvgIpc) is 2.33. The number of hydrogen-bond acceptors (Lipinski definition) is 4. The lowest BCUT2D eigenvalue weighted by molar-refractivity contribution is -0.143. The number of alkyl halides is 3. The summed E-state index contributed by atoms with van der Waals surface area (Å²) in [6.45, 7) is -0.684. The second-order valence-electron chi connectivity index (χ2n) is 3.59. The van der Waals surface area contributed by atoms with Crippen LogP contribution in [0.1, 0.15) is 5.56 Å². The Morgan fingerprint density at radius 3 is 2.63 bits per heavy atom. The van der Waals surface area contributed by atoms with Crippen LogP contribution in [0.3, 0.4) is 0 Å². The number of nitrogens with one attached hydrogen (secondary N) is 1. The Morgan fingerprint density at radius 1 is 1.53 bits per heavy atom. The molecule has 0 spiro atoms. The van der Waals surface area contributed by atoms with Crippen molar-refractivity contribution in [2.45, 2.75) is 12.2 Å². The highest BCUT2D eigenvalue weighted by atomic mass is 79.9. The highest BCUT2D eigenvalue weighted by Crippen LogP contribution is 2.36. The van der Waals surface area contributed by atoms with Crippen molar-refractivity contribution >= 4 is 27.6 Å². The number of anilines is 1. The van der Waals surface area contributed by atoms with Crippen molar-refractivity contribution in [1.29, 1.82) is 0 Å². The van der Waals surface area contributed by atoms with Crippen molar-refractivity contribution in [1.82, 2.24) is 0 Å². The third-order valence-corrected chi connectivity index (χ3v) is 2.78. The fourth-order valence-corrected chi connectivity index (χ4v) is 1.75. The molecule has 0 saturated heterocycles. The maximum Gasteiger partial charge on any atom is 0.418 e. The van der Waals surface area contributed by atoms with Crippen molar-refractivity contribution in [3.63, 3.8) is 0 Å². The summed E-state index contributed by atoms with van der Waals surface area (Å²) < 4.78 is 43.1. The molecular formula is C11H11BrF3NO3. The third kappa shape index (κ3) is 4.10. The van der Waals surface area contributed by atoms with Gasteiger partial charge < -0.3 is 15.2 Å². The van der Waals surface area contributed by atoms with Gasteiger partial charge in [0.1, 0.15) is 6.04 Å². The summed E-state index contributed by atoms with van der Waals surface area (Å²) in [6.07, 6.45) is -4.57. The van der Waals surface area contributed by atoms with Gasteiger partial charge >= 0.3 is 12.1 Å². The number of ether oxygens (including phenoxy) is 1. The predicted octanol–water partition coefficient (Wildman–Crippen LogP) is 2.41. The number of aliphatic hydroxyl groups is 1. The van der Waals surface area contributed by atoms with Gasteiger partial charge in [0.25, 0.3) is 0 Å². The SMILES string of the molecule is COC(=O)C(CO)Nc1cc(Br)ccc1C(F)(F)F. The first-order chi connectivity index (χ1) is 8.79. The number of hydrogen-bond donors (Lipinski definition) is 2. The van der Waals surface area contributed by atoms with Crippen LogP contribution in [0.2, 0.25) is 0 Å². The largest absolute Gasteiger partial charge is 0.467 e. The van der Waals surface area contributed by atoms with E-state index in [4.69, 9.17) is 5.11 Å². The summed E-state index contributed by atoms with van der Waals surface area (Å²) in [5.74, 6) is -0.851. The normalized spacial score (nSPS) is 12.9. The summed E-state index contributed by atoms with van der Waals surface area (Å²) in [5.41, 5.74) is -1.25. The molecule has 4 nitrogen and oxygen atoms in total. The van der Waals surface area contributed by atoms with Gasteiger partial charge in [-0.3, -0.25) is 0 Å². The standard InChI is InChI=1S/C11H11BrF3NO3/c1-19-10(18)9(5-17)16-8-4-6(12)2-3-7(8)11(13,14)15/h2-4,9,16-17H,5H2,1H3. The van der Waals surface area contributed by atoms with E-state index in [9.17, 15) is 18.0 Å². The van der Waals surface area contributed by atoms with Crippen LogP contribution in [-0.2, 0) is 15.7 Å². The fraction of sp³-hybridized carbons (Fsp3) is 0.364. The molecule has 0 saturated carbocycles. The molecule has 8 heteroatoms. The van der Waals surface area contributed by atoms with Gasteiger partial charge in [-0.25, -0.2) is 4.79 Å². The first kappa shape index (κ1) is 15.8. The summed E-state index contributed by atoms with van der Waals surface area (Å²) in [4.78, 5) is 11.3. The van der Waals surface area contributed by atoms with Gasteiger partial charge in [0.15, 0.2) is 0 Å². The number of benzene rings is 1. The summed E-state index contributed by atoms with van der Waals surface area (Å²) in [5, 5.41) is 11.3. The third-order valence-electron chi connectivity index (χ3n) is 2.29. The number of rotatable bonds is 4. The van der Waals surface area contributed by atoms with E-state index in [1.54, 1.807) is 0 Å². The molecule has 1 atom stereocenters. The molecule has 1 rings (SSSR count). The van der Waals surface area contributed by atoms with Crippen molar-refractivity contribution in [3.05, 3.63) is 28.2 Å². The average molecular weight is 342 g/mol. The number of aliphatic hydroxyl groups excluding tert-OH is 1. The second kappa shape index (κ2) is 6.25. The number of methoxy groups -OCH3 is 1. The lowest BCUT2D eigenvalue weighted by Crippen LogP contribution is -2.34. The van der Waals surface area contributed by atoms with Crippen LogP contribution in [0.4, 0.5) is 18.9 Å². The highest BCUT2D eigenvalue weighted by molar-refractivity contribution is 9.10. The molecule has 1 aromatic rings. The molecule has 1 unspecified atom stereocenters. The van der Waals surface area contributed by atoms with Crippen LogP contribution in [0.25, 0.3) is 0 Å². The molecule has 0 bridgehead atoms. The van der Waals surface area contributed by atoms with E-state index in [0.717, 1.165) is 13.2 Å². The number of esters is 1. The summed E-state index contributed by atoms with van der Waals surface area (Å²) in [7, 11) is 1.08. The number of halogens is 4. The number of carbonyl (C=O) groups excluding carboxylic acids is 1. The maximum atomic E-state index is 12.8. The van der Waals surface area contributed by atoms with Crippen LogP contribution in [0.5, 0.6) is 0 Å². The lowest BCUT2D eigenvalue weighted by atomic mass is 10.1. The quantitative estimate of drug-likeness (QED) is 0.826. The first-order valence-corrected chi connectivity index (χ1v) is 5.91. The summed E-state index contributed by atoms with van der Waals surface area (Å²) >= 11 is 3.04. The molecule has 0 aromatic heterocycles. The predicted molar refractivity (Wildman–Crippen MR) is 65.7 cm³/mol. The zero-order valence-corrected chi connectivity index (χ0v) is 11.4. The summed E-state index contributed by atoms with van der Waals surface area (Å²) in [6, 6.07) is 2.02. The van der Waals surface area contributed by atoms with E-state index in [2.05, 4.69) is 26.0 Å². The monoisotopic (exact) mass is 341 g/mol. The fourth-order valence-electron chi connectivity index (χ4n) is 1.39. The minimum Gasteiger partial charge on any atom is -0.467 e. The van der Waals surface area contributed by atoms with E-state index in [1.807, 2.05) is 0 Å². The Hall–Kier alpha value is -1.28.